The van der Waals surface area contributed by atoms with Gasteiger partial charge in [0.2, 0.25) is 0 Å². The molecule has 1 aromatic heterocycles. The second-order valence-electron chi connectivity index (χ2n) is 5.72. The summed E-state index contributed by atoms with van der Waals surface area (Å²) in [4.78, 5) is 0. The third-order valence-corrected chi connectivity index (χ3v) is 4.36. The molecule has 0 atom stereocenters. The lowest BCUT2D eigenvalue weighted by Crippen LogP contribution is -1.99. The fourth-order valence-electron chi connectivity index (χ4n) is 2.91. The molecule has 0 fully saturated rings. The zero-order valence-corrected chi connectivity index (χ0v) is 13.1. The number of nitrogens with zero attached hydrogens (tertiary/aromatic N) is 1. The molecule has 3 rings (SSSR count). The van der Waals surface area contributed by atoms with Crippen LogP contribution in [0.5, 0.6) is 0 Å². The minimum Gasteiger partial charge on any atom is -0.313 e. The summed E-state index contributed by atoms with van der Waals surface area (Å²) >= 11 is 0. The van der Waals surface area contributed by atoms with Crippen LogP contribution in [0.3, 0.4) is 0 Å². The van der Waals surface area contributed by atoms with Crippen LogP contribution < -0.4 is 0 Å². The van der Waals surface area contributed by atoms with Crippen LogP contribution in [0.2, 0.25) is 0 Å². The van der Waals surface area contributed by atoms with E-state index in [9.17, 15) is 0 Å². The van der Waals surface area contributed by atoms with Crippen molar-refractivity contribution in [2.24, 2.45) is 0 Å². The molecule has 3 aromatic rings. The van der Waals surface area contributed by atoms with Gasteiger partial charge in [-0.05, 0) is 56.5 Å². The van der Waals surface area contributed by atoms with E-state index >= 15 is 0 Å². The number of aryl methyl sites for hydroxylation is 1. The third kappa shape index (κ3) is 2.29. The fraction of sp³-hybridized carbons (Fsp3) is 0.200. The Bertz CT molecular complexity index is 762. The lowest BCUT2D eigenvalue weighted by molar-refractivity contribution is 1.01. The van der Waals surface area contributed by atoms with Crippen LogP contribution in [0.25, 0.3) is 16.9 Å². The Morgan fingerprint density at radius 1 is 0.667 bits per heavy atom. The van der Waals surface area contributed by atoms with Gasteiger partial charge in [-0.2, -0.15) is 0 Å². The molecular weight excluding hydrogens is 254 g/mol. The highest BCUT2D eigenvalue weighted by Crippen LogP contribution is 2.33. The monoisotopic (exact) mass is 275 g/mol. The first-order valence-electron chi connectivity index (χ1n) is 7.40. The quantitative estimate of drug-likeness (QED) is 0.592. The standard InChI is InChI=1S/C20H21N/c1-14-10-12-18(13-11-14)20-16(3)15(2)17(4)21(20)19-8-6-5-7-9-19/h5-13H,1-4H3. The Labute approximate surface area is 126 Å². The molecule has 0 spiro atoms. The van der Waals surface area contributed by atoms with Crippen molar-refractivity contribution in [2.45, 2.75) is 27.7 Å². The highest BCUT2D eigenvalue weighted by atomic mass is 15.0. The van der Waals surface area contributed by atoms with Gasteiger partial charge in [-0.3, -0.25) is 0 Å². The van der Waals surface area contributed by atoms with Gasteiger partial charge in [-0.25, -0.2) is 0 Å². The average Bonchev–Trinajstić information content (AvgIpc) is 2.73. The van der Waals surface area contributed by atoms with E-state index < -0.39 is 0 Å². The molecule has 0 radical (unpaired) electrons. The van der Waals surface area contributed by atoms with Crippen LogP contribution in [0, 0.1) is 27.7 Å². The van der Waals surface area contributed by atoms with Gasteiger partial charge >= 0.3 is 0 Å². The minimum atomic E-state index is 1.22. The Hall–Kier alpha value is -2.28. The molecule has 0 saturated carbocycles. The van der Waals surface area contributed by atoms with E-state index in [-0.39, 0.29) is 0 Å². The van der Waals surface area contributed by atoms with E-state index in [1.165, 1.54) is 39.3 Å². The van der Waals surface area contributed by atoms with Crippen LogP contribution in [-0.2, 0) is 0 Å². The SMILES string of the molecule is Cc1ccc(-c2c(C)c(C)c(C)n2-c2ccccc2)cc1. The van der Waals surface area contributed by atoms with Crippen LogP contribution in [0.15, 0.2) is 54.6 Å². The van der Waals surface area contributed by atoms with Gasteiger partial charge in [0.1, 0.15) is 0 Å². The Kier molecular flexibility index (Phi) is 3.42. The molecule has 106 valence electrons. The lowest BCUT2D eigenvalue weighted by atomic mass is 10.0. The predicted octanol–water partition coefficient (Wildman–Crippen LogP) is 5.38. The van der Waals surface area contributed by atoms with Gasteiger partial charge in [0.25, 0.3) is 0 Å². The summed E-state index contributed by atoms with van der Waals surface area (Å²) in [7, 11) is 0. The highest BCUT2D eigenvalue weighted by molar-refractivity contribution is 5.70. The fourth-order valence-corrected chi connectivity index (χ4v) is 2.91. The molecular formula is C20H21N. The maximum Gasteiger partial charge on any atom is 0.0563 e. The number of para-hydroxylation sites is 1. The van der Waals surface area contributed by atoms with Crippen LogP contribution >= 0.6 is 0 Å². The molecule has 1 nitrogen and oxygen atoms in total. The predicted molar refractivity (Wildman–Crippen MR) is 90.2 cm³/mol. The van der Waals surface area contributed by atoms with Gasteiger partial charge < -0.3 is 4.57 Å². The smallest absolute Gasteiger partial charge is 0.0563 e. The first-order valence-corrected chi connectivity index (χ1v) is 7.40. The summed E-state index contributed by atoms with van der Waals surface area (Å²) in [6.07, 6.45) is 0. The van der Waals surface area contributed by atoms with Crippen molar-refractivity contribution in [3.63, 3.8) is 0 Å². The van der Waals surface area contributed by atoms with E-state index in [0.717, 1.165) is 0 Å². The molecule has 21 heavy (non-hydrogen) atoms. The van der Waals surface area contributed by atoms with E-state index in [4.69, 9.17) is 0 Å². The van der Waals surface area contributed by atoms with E-state index in [1.807, 2.05) is 0 Å². The van der Waals surface area contributed by atoms with Gasteiger partial charge in [0.05, 0.1) is 5.69 Å². The van der Waals surface area contributed by atoms with Crippen molar-refractivity contribution in [3.05, 3.63) is 77.0 Å². The topological polar surface area (TPSA) is 4.93 Å². The van der Waals surface area contributed by atoms with Gasteiger partial charge in [0, 0.05) is 11.4 Å². The number of hydrogen-bond donors (Lipinski definition) is 0. The van der Waals surface area contributed by atoms with Crippen LogP contribution in [0.4, 0.5) is 0 Å². The highest BCUT2D eigenvalue weighted by Gasteiger charge is 2.16. The Morgan fingerprint density at radius 3 is 1.90 bits per heavy atom. The van der Waals surface area contributed by atoms with E-state index in [0.29, 0.717) is 0 Å². The van der Waals surface area contributed by atoms with Crippen molar-refractivity contribution in [1.82, 2.24) is 4.57 Å². The molecule has 0 unspecified atom stereocenters. The summed E-state index contributed by atoms with van der Waals surface area (Å²) in [5.41, 5.74) is 9.14. The summed E-state index contributed by atoms with van der Waals surface area (Å²) < 4.78 is 2.37. The minimum absolute atomic E-state index is 1.22. The zero-order valence-electron chi connectivity index (χ0n) is 13.1. The molecule has 1 heteroatoms. The molecule has 0 aliphatic rings. The van der Waals surface area contributed by atoms with Crippen molar-refractivity contribution in [2.75, 3.05) is 0 Å². The lowest BCUT2D eigenvalue weighted by Gasteiger charge is -2.13. The zero-order chi connectivity index (χ0) is 15.0. The molecule has 1 heterocycles. The second-order valence-corrected chi connectivity index (χ2v) is 5.72. The number of hydrogen-bond acceptors (Lipinski definition) is 0. The van der Waals surface area contributed by atoms with Crippen molar-refractivity contribution in [1.29, 1.82) is 0 Å². The largest absolute Gasteiger partial charge is 0.313 e. The maximum atomic E-state index is 2.37. The molecule has 0 aliphatic heterocycles. The van der Waals surface area contributed by atoms with Crippen LogP contribution in [-0.4, -0.2) is 4.57 Å². The van der Waals surface area contributed by atoms with Crippen LogP contribution in [0.1, 0.15) is 22.4 Å². The first-order chi connectivity index (χ1) is 10.1. The van der Waals surface area contributed by atoms with E-state index in [2.05, 4.69) is 86.9 Å². The molecule has 0 amide bonds. The average molecular weight is 275 g/mol. The van der Waals surface area contributed by atoms with E-state index in [1.54, 1.807) is 0 Å². The number of rotatable bonds is 2. The van der Waals surface area contributed by atoms with Crippen molar-refractivity contribution in [3.8, 4) is 16.9 Å². The van der Waals surface area contributed by atoms with Gasteiger partial charge in [0.15, 0.2) is 0 Å². The van der Waals surface area contributed by atoms with Gasteiger partial charge in [-0.1, -0.05) is 48.0 Å². The molecule has 0 saturated heterocycles. The molecule has 0 bridgehead atoms. The molecule has 0 N–H and O–H groups in total. The second kappa shape index (κ2) is 5.25. The Morgan fingerprint density at radius 2 is 1.29 bits per heavy atom. The maximum absolute atomic E-state index is 2.37. The first kappa shape index (κ1) is 13.7. The molecule has 0 aliphatic carbocycles. The summed E-state index contributed by atoms with van der Waals surface area (Å²) in [5.74, 6) is 0. The number of aromatic nitrogens is 1. The summed E-state index contributed by atoms with van der Waals surface area (Å²) in [6, 6.07) is 19.4. The molecule has 2 aromatic carbocycles. The summed E-state index contributed by atoms with van der Waals surface area (Å²) in [6.45, 7) is 8.76. The van der Waals surface area contributed by atoms with Crippen molar-refractivity contribution >= 4 is 0 Å². The Balaban J connectivity index is 2.30. The normalized spacial score (nSPS) is 10.9. The number of benzene rings is 2. The third-order valence-electron chi connectivity index (χ3n) is 4.36. The summed E-state index contributed by atoms with van der Waals surface area (Å²) in [5, 5.41) is 0. The van der Waals surface area contributed by atoms with Gasteiger partial charge in [-0.15, -0.1) is 0 Å². The van der Waals surface area contributed by atoms with Crippen molar-refractivity contribution < 1.29 is 0 Å².